The highest BCUT2D eigenvalue weighted by Gasteiger charge is 2.53. The van der Waals surface area contributed by atoms with Crippen molar-refractivity contribution < 1.29 is 17.6 Å². The van der Waals surface area contributed by atoms with Crippen molar-refractivity contribution in [3.05, 3.63) is 98.3 Å². The lowest BCUT2D eigenvalue weighted by Gasteiger charge is -2.16. The molecule has 1 heterocycles. The molecule has 10 heteroatoms. The second-order valence-corrected chi connectivity index (χ2v) is 12.9. The van der Waals surface area contributed by atoms with Gasteiger partial charge in [0.25, 0.3) is 0 Å². The quantitative estimate of drug-likeness (QED) is 0.210. The molecule has 6 nitrogen and oxygen atoms in total. The van der Waals surface area contributed by atoms with Gasteiger partial charge in [-0.15, -0.1) is 10.2 Å². The van der Waals surface area contributed by atoms with Gasteiger partial charge in [-0.05, 0) is 72.5 Å². The fourth-order valence-electron chi connectivity index (χ4n) is 4.51. The van der Waals surface area contributed by atoms with Crippen molar-refractivity contribution in [3.8, 4) is 11.5 Å². The number of nitrogens with zero attached hydrogens (tertiary/aromatic N) is 2. The molecule has 0 radical (unpaired) electrons. The third-order valence-corrected chi connectivity index (χ3v) is 9.32. The maximum atomic E-state index is 12.8. The Hall–Kier alpha value is -2.71. The van der Waals surface area contributed by atoms with Crippen molar-refractivity contribution in [3.63, 3.8) is 0 Å². The summed E-state index contributed by atoms with van der Waals surface area (Å²) in [4.78, 5) is 13.0. The maximum absolute atomic E-state index is 12.8. The minimum atomic E-state index is -3.28. The van der Waals surface area contributed by atoms with Gasteiger partial charge in [-0.25, -0.2) is 8.42 Å². The Bertz CT molecular complexity index is 1590. The number of aromatic nitrogens is 2. The van der Waals surface area contributed by atoms with Gasteiger partial charge >= 0.3 is 0 Å². The lowest BCUT2D eigenvalue weighted by molar-refractivity contribution is -0.117. The summed E-state index contributed by atoms with van der Waals surface area (Å²) in [5, 5.41) is 10.00. The summed E-state index contributed by atoms with van der Waals surface area (Å²) in [5.41, 5.74) is 2.35. The first-order chi connectivity index (χ1) is 18.1. The number of carbonyl (C=O) groups excluding carboxylic acids is 1. The molecular formula is C28H23Cl3N2O4S. The first-order valence-corrected chi connectivity index (χ1v) is 14.8. The summed E-state index contributed by atoms with van der Waals surface area (Å²) in [6, 6.07) is 17.1. The van der Waals surface area contributed by atoms with Gasteiger partial charge in [0.15, 0.2) is 9.84 Å². The van der Waals surface area contributed by atoms with Gasteiger partial charge in [-0.1, -0.05) is 53.9 Å². The van der Waals surface area contributed by atoms with E-state index < -0.39 is 15.3 Å². The van der Waals surface area contributed by atoms with Crippen molar-refractivity contribution in [2.24, 2.45) is 0 Å². The van der Waals surface area contributed by atoms with Crippen LogP contribution >= 0.6 is 34.8 Å². The Labute approximate surface area is 235 Å². The highest BCUT2D eigenvalue weighted by Crippen LogP contribution is 2.57. The predicted molar refractivity (Wildman–Crippen MR) is 148 cm³/mol. The van der Waals surface area contributed by atoms with E-state index >= 15 is 0 Å². The second-order valence-electron chi connectivity index (χ2n) is 9.38. The number of sulfone groups is 1. The molecule has 196 valence electrons. The van der Waals surface area contributed by atoms with E-state index in [1.807, 2.05) is 12.1 Å². The standard InChI is InChI=1S/C28H23Cl3N2O4S/c1-2-38(35,36)22-9-3-17(4-10-22)13-21(34)14-18-15-23(30)25(24(31)16-18)28(11-12-28)27-33-32-26(37-27)19-5-7-20(29)8-6-19/h3-10,15-16H,2,11-14H2,1H3. The van der Waals surface area contributed by atoms with Crippen LogP contribution in [0.25, 0.3) is 11.5 Å². The largest absolute Gasteiger partial charge is 0.420 e. The van der Waals surface area contributed by atoms with Crippen LogP contribution in [0.3, 0.4) is 0 Å². The molecule has 0 unspecified atom stereocenters. The van der Waals surface area contributed by atoms with E-state index in [2.05, 4.69) is 10.2 Å². The molecule has 0 saturated heterocycles. The van der Waals surface area contributed by atoms with Gasteiger partial charge in [0, 0.05) is 39.0 Å². The zero-order valence-electron chi connectivity index (χ0n) is 20.4. The number of rotatable bonds is 9. The number of ketones is 1. The van der Waals surface area contributed by atoms with Crippen LogP contribution in [-0.4, -0.2) is 30.2 Å². The smallest absolute Gasteiger partial charge is 0.247 e. The number of carbonyl (C=O) groups is 1. The number of benzene rings is 3. The van der Waals surface area contributed by atoms with Crippen LogP contribution in [0.4, 0.5) is 0 Å². The monoisotopic (exact) mass is 588 g/mol. The molecule has 3 aromatic carbocycles. The lowest BCUT2D eigenvalue weighted by atomic mass is 9.93. The molecule has 4 aromatic rings. The summed E-state index contributed by atoms with van der Waals surface area (Å²) >= 11 is 19.4. The fourth-order valence-corrected chi connectivity index (χ4v) is 6.41. The molecule has 0 aliphatic heterocycles. The van der Waals surface area contributed by atoms with Crippen LogP contribution in [0.1, 0.15) is 42.3 Å². The molecule has 0 atom stereocenters. The number of hydrogen-bond donors (Lipinski definition) is 0. The van der Waals surface area contributed by atoms with Crippen LogP contribution in [0.2, 0.25) is 15.1 Å². The maximum Gasteiger partial charge on any atom is 0.247 e. The van der Waals surface area contributed by atoms with E-state index in [-0.39, 0.29) is 29.3 Å². The predicted octanol–water partition coefficient (Wildman–Crippen LogP) is 6.92. The normalized spacial score (nSPS) is 14.4. The second kappa shape index (κ2) is 10.5. The van der Waals surface area contributed by atoms with Gasteiger partial charge in [0.1, 0.15) is 5.78 Å². The van der Waals surface area contributed by atoms with Crippen molar-refractivity contribution in [2.45, 2.75) is 42.9 Å². The zero-order chi connectivity index (χ0) is 27.1. The molecule has 0 bridgehead atoms. The van der Waals surface area contributed by atoms with Crippen molar-refractivity contribution >= 4 is 50.4 Å². The van der Waals surface area contributed by atoms with Crippen LogP contribution in [0, 0.1) is 0 Å². The van der Waals surface area contributed by atoms with E-state index in [0.717, 1.165) is 29.5 Å². The molecule has 0 amide bonds. The molecule has 0 spiro atoms. The number of hydrogen-bond acceptors (Lipinski definition) is 6. The molecule has 5 rings (SSSR count). The highest BCUT2D eigenvalue weighted by molar-refractivity contribution is 7.91. The first kappa shape index (κ1) is 26.9. The highest BCUT2D eigenvalue weighted by atomic mass is 35.5. The lowest BCUT2D eigenvalue weighted by Crippen LogP contribution is -2.12. The van der Waals surface area contributed by atoms with E-state index in [1.54, 1.807) is 43.3 Å². The molecule has 38 heavy (non-hydrogen) atoms. The molecule has 0 N–H and O–H groups in total. The average molecular weight is 590 g/mol. The first-order valence-electron chi connectivity index (χ1n) is 12.0. The van der Waals surface area contributed by atoms with Gasteiger partial charge in [0.2, 0.25) is 11.8 Å². The van der Waals surface area contributed by atoms with Gasteiger partial charge in [-0.3, -0.25) is 4.79 Å². The third-order valence-electron chi connectivity index (χ3n) is 6.72. The molecular weight excluding hydrogens is 567 g/mol. The van der Waals surface area contributed by atoms with Gasteiger partial charge in [-0.2, -0.15) is 0 Å². The summed E-state index contributed by atoms with van der Waals surface area (Å²) in [5.74, 6) is 0.822. The Morgan fingerprint density at radius 3 is 2.08 bits per heavy atom. The van der Waals surface area contributed by atoms with Crippen molar-refractivity contribution in [2.75, 3.05) is 5.75 Å². The minimum absolute atomic E-state index is 0.0279. The van der Waals surface area contributed by atoms with E-state index in [9.17, 15) is 13.2 Å². The minimum Gasteiger partial charge on any atom is -0.420 e. The SMILES string of the molecule is CCS(=O)(=O)c1ccc(CC(=O)Cc2cc(Cl)c(C3(c4nnc(-c5ccc(Cl)cc5)o4)CC3)c(Cl)c2)cc1. The zero-order valence-corrected chi connectivity index (χ0v) is 23.5. The van der Waals surface area contributed by atoms with Crippen LogP contribution < -0.4 is 0 Å². The Morgan fingerprint density at radius 2 is 1.50 bits per heavy atom. The van der Waals surface area contributed by atoms with Gasteiger partial charge < -0.3 is 4.42 Å². The van der Waals surface area contributed by atoms with E-state index in [4.69, 9.17) is 39.2 Å². The van der Waals surface area contributed by atoms with Crippen LogP contribution in [0.15, 0.2) is 70.0 Å². The van der Waals surface area contributed by atoms with Crippen LogP contribution in [-0.2, 0) is 32.9 Å². The molecule has 1 aliphatic carbocycles. The average Bonchev–Trinajstić information content (AvgIpc) is 3.51. The van der Waals surface area contributed by atoms with Gasteiger partial charge in [0.05, 0.1) is 16.1 Å². The van der Waals surface area contributed by atoms with E-state index in [0.29, 0.717) is 32.4 Å². The summed E-state index contributed by atoms with van der Waals surface area (Å²) < 4.78 is 30.0. The topological polar surface area (TPSA) is 90.1 Å². The van der Waals surface area contributed by atoms with Crippen molar-refractivity contribution in [1.82, 2.24) is 10.2 Å². The summed E-state index contributed by atoms with van der Waals surface area (Å²) in [6.45, 7) is 1.60. The van der Waals surface area contributed by atoms with Crippen molar-refractivity contribution in [1.29, 1.82) is 0 Å². The Balaban J connectivity index is 1.32. The molecule has 1 saturated carbocycles. The third kappa shape index (κ3) is 5.38. The molecule has 1 aromatic heterocycles. The number of Topliss-reactive ketones (excluding diaryl/α,β-unsaturated/α-hetero) is 1. The molecule has 1 fully saturated rings. The Morgan fingerprint density at radius 1 is 0.895 bits per heavy atom. The Kier molecular flexibility index (Phi) is 7.40. The summed E-state index contributed by atoms with van der Waals surface area (Å²) in [6.07, 6.45) is 1.83. The number of halogens is 3. The van der Waals surface area contributed by atoms with E-state index in [1.165, 1.54) is 12.1 Å². The van der Waals surface area contributed by atoms with Crippen LogP contribution in [0.5, 0.6) is 0 Å². The summed E-state index contributed by atoms with van der Waals surface area (Å²) in [7, 11) is -3.28. The fraction of sp³-hybridized carbons (Fsp3) is 0.250. The molecule has 1 aliphatic rings.